The van der Waals surface area contributed by atoms with Gasteiger partial charge in [-0.05, 0) is 18.6 Å². The summed E-state index contributed by atoms with van der Waals surface area (Å²) in [4.78, 5) is 17.9. The highest BCUT2D eigenvalue weighted by Gasteiger charge is 2.25. The summed E-state index contributed by atoms with van der Waals surface area (Å²) in [5.41, 5.74) is 8.77. The third-order valence-corrected chi connectivity index (χ3v) is 3.09. The molecule has 1 aliphatic rings. The van der Waals surface area contributed by atoms with Gasteiger partial charge in [-0.2, -0.15) is 0 Å². The molecule has 0 fully saturated rings. The summed E-state index contributed by atoms with van der Waals surface area (Å²) in [6.45, 7) is 7.34. The molecule has 5 nitrogen and oxygen atoms in total. The number of carbonyl (C=O) groups is 1. The maximum absolute atomic E-state index is 11.9. The van der Waals surface area contributed by atoms with Crippen molar-refractivity contribution in [1.82, 2.24) is 5.32 Å². The molecule has 5 heteroatoms. The zero-order valence-corrected chi connectivity index (χ0v) is 11.7. The van der Waals surface area contributed by atoms with Gasteiger partial charge in [0.1, 0.15) is 0 Å². The molecular weight excluding hydrogens is 252 g/mol. The Kier molecular flexibility index (Phi) is 4.40. The molecule has 106 valence electrons. The van der Waals surface area contributed by atoms with E-state index in [1.165, 1.54) is 0 Å². The van der Waals surface area contributed by atoms with Crippen molar-refractivity contribution in [2.75, 3.05) is 24.5 Å². The Balaban J connectivity index is 1.87. The van der Waals surface area contributed by atoms with Crippen LogP contribution in [-0.4, -0.2) is 31.5 Å². The second-order valence-corrected chi connectivity index (χ2v) is 4.94. The normalized spacial score (nSPS) is 14.3. The van der Waals surface area contributed by atoms with Gasteiger partial charge in [0, 0.05) is 18.8 Å². The van der Waals surface area contributed by atoms with E-state index < -0.39 is 0 Å². The van der Waals surface area contributed by atoms with Crippen molar-refractivity contribution < 1.29 is 4.79 Å². The predicted octanol–water partition coefficient (Wildman–Crippen LogP) is 1.06. The first-order valence-electron chi connectivity index (χ1n) is 6.64. The highest BCUT2D eigenvalue weighted by Crippen LogP contribution is 2.27. The monoisotopic (exact) mass is 272 g/mol. The number of anilines is 1. The van der Waals surface area contributed by atoms with E-state index in [0.717, 1.165) is 16.8 Å². The minimum absolute atomic E-state index is 0.130. The minimum atomic E-state index is 0.130. The number of fused-ring (bicyclic) bond motifs is 1. The Morgan fingerprint density at radius 1 is 1.50 bits per heavy atom. The lowest BCUT2D eigenvalue weighted by molar-refractivity contribution is -0.117. The van der Waals surface area contributed by atoms with Crippen LogP contribution in [0.15, 0.2) is 41.4 Å². The van der Waals surface area contributed by atoms with Crippen molar-refractivity contribution >= 4 is 17.6 Å². The molecule has 0 unspecified atom stereocenters. The molecule has 0 aromatic heterocycles. The Bertz CT molecular complexity index is 551. The quantitative estimate of drug-likeness (QED) is 0.478. The number of para-hydroxylation sites is 1. The zero-order chi connectivity index (χ0) is 14.5. The number of nitrogens with one attached hydrogen (secondary N) is 1. The van der Waals surface area contributed by atoms with Gasteiger partial charge >= 0.3 is 0 Å². The molecule has 1 aromatic carbocycles. The Morgan fingerprint density at radius 3 is 3.00 bits per heavy atom. The van der Waals surface area contributed by atoms with Crippen LogP contribution in [0.5, 0.6) is 0 Å². The third kappa shape index (κ3) is 3.38. The van der Waals surface area contributed by atoms with Gasteiger partial charge in [0.05, 0.1) is 13.0 Å². The van der Waals surface area contributed by atoms with E-state index in [2.05, 4.69) is 16.9 Å². The number of aliphatic imine (C=N–C) groups is 1. The number of amides is 1. The summed E-state index contributed by atoms with van der Waals surface area (Å²) < 4.78 is 0. The van der Waals surface area contributed by atoms with Crippen LogP contribution in [0.4, 0.5) is 5.69 Å². The lowest BCUT2D eigenvalue weighted by Gasteiger charge is -2.17. The van der Waals surface area contributed by atoms with Crippen LogP contribution in [0.1, 0.15) is 12.5 Å². The smallest absolute Gasteiger partial charge is 0.231 e. The molecule has 0 saturated heterocycles. The molecule has 20 heavy (non-hydrogen) atoms. The number of nitrogens with two attached hydrogens (primary N) is 1. The zero-order valence-electron chi connectivity index (χ0n) is 11.7. The molecule has 0 saturated carbocycles. The van der Waals surface area contributed by atoms with Gasteiger partial charge in [0.15, 0.2) is 5.96 Å². The molecule has 0 radical (unpaired) electrons. The lowest BCUT2D eigenvalue weighted by Crippen LogP contribution is -2.39. The molecule has 0 spiro atoms. The van der Waals surface area contributed by atoms with Crippen molar-refractivity contribution in [2.24, 2.45) is 10.7 Å². The number of benzene rings is 1. The lowest BCUT2D eigenvalue weighted by atomic mass is 10.2. The second-order valence-electron chi connectivity index (χ2n) is 4.94. The number of rotatable bonds is 5. The van der Waals surface area contributed by atoms with E-state index in [1.807, 2.05) is 31.2 Å². The average molecular weight is 272 g/mol. The van der Waals surface area contributed by atoms with Crippen LogP contribution in [-0.2, 0) is 11.2 Å². The van der Waals surface area contributed by atoms with E-state index >= 15 is 0 Å². The predicted molar refractivity (Wildman–Crippen MR) is 81.8 cm³/mol. The van der Waals surface area contributed by atoms with Crippen molar-refractivity contribution in [3.63, 3.8) is 0 Å². The molecule has 0 atom stereocenters. The van der Waals surface area contributed by atoms with Crippen molar-refractivity contribution in [1.29, 1.82) is 0 Å². The van der Waals surface area contributed by atoms with Gasteiger partial charge < -0.3 is 16.0 Å². The van der Waals surface area contributed by atoms with Gasteiger partial charge in [0.25, 0.3) is 0 Å². The maximum Gasteiger partial charge on any atom is 0.231 e. The number of nitrogens with zero attached hydrogens (tertiary/aromatic N) is 2. The van der Waals surface area contributed by atoms with Crippen LogP contribution in [0.3, 0.4) is 0 Å². The van der Waals surface area contributed by atoms with Crippen LogP contribution < -0.4 is 16.0 Å². The SMILES string of the molecule is C=C(C)CN=C(N)NCCN1C(=O)Cc2ccccc21. The summed E-state index contributed by atoms with van der Waals surface area (Å²) in [5, 5.41) is 3.01. The molecule has 1 heterocycles. The molecule has 1 aromatic rings. The Labute approximate surface area is 119 Å². The molecule has 0 bridgehead atoms. The Morgan fingerprint density at radius 2 is 2.25 bits per heavy atom. The largest absolute Gasteiger partial charge is 0.370 e. The standard InChI is InChI=1S/C15H20N4O/c1-11(2)10-18-15(16)17-7-8-19-13-6-4-3-5-12(13)9-14(19)20/h3-6H,1,7-10H2,2H3,(H3,16,17,18). The van der Waals surface area contributed by atoms with Crippen LogP contribution in [0, 0.1) is 0 Å². The molecule has 1 amide bonds. The number of carbonyl (C=O) groups excluding carboxylic acids is 1. The fourth-order valence-electron chi connectivity index (χ4n) is 2.13. The number of hydrogen-bond donors (Lipinski definition) is 2. The van der Waals surface area contributed by atoms with Gasteiger partial charge in [-0.1, -0.05) is 30.4 Å². The molecule has 1 aliphatic heterocycles. The topological polar surface area (TPSA) is 70.7 Å². The van der Waals surface area contributed by atoms with Crippen LogP contribution >= 0.6 is 0 Å². The summed E-state index contributed by atoms with van der Waals surface area (Å²) >= 11 is 0. The van der Waals surface area contributed by atoms with E-state index in [9.17, 15) is 4.79 Å². The minimum Gasteiger partial charge on any atom is -0.370 e. The van der Waals surface area contributed by atoms with Gasteiger partial charge in [-0.15, -0.1) is 0 Å². The number of guanidine groups is 1. The highest BCUT2D eigenvalue weighted by atomic mass is 16.2. The second kappa shape index (κ2) is 6.23. The first-order valence-corrected chi connectivity index (χ1v) is 6.64. The third-order valence-electron chi connectivity index (χ3n) is 3.09. The summed E-state index contributed by atoms with van der Waals surface area (Å²) in [6, 6.07) is 7.86. The van der Waals surface area contributed by atoms with E-state index in [-0.39, 0.29) is 5.91 Å². The van der Waals surface area contributed by atoms with Crippen molar-refractivity contribution in [3.8, 4) is 0 Å². The average Bonchev–Trinajstić information content (AvgIpc) is 2.73. The van der Waals surface area contributed by atoms with E-state index in [1.54, 1.807) is 4.90 Å². The first kappa shape index (κ1) is 14.1. The van der Waals surface area contributed by atoms with Crippen molar-refractivity contribution in [3.05, 3.63) is 42.0 Å². The van der Waals surface area contributed by atoms with Gasteiger partial charge in [-0.3, -0.25) is 4.79 Å². The number of hydrogen-bond acceptors (Lipinski definition) is 2. The summed E-state index contributed by atoms with van der Waals surface area (Å²) in [7, 11) is 0. The van der Waals surface area contributed by atoms with Crippen molar-refractivity contribution in [2.45, 2.75) is 13.3 Å². The first-order chi connectivity index (χ1) is 9.58. The fourth-order valence-corrected chi connectivity index (χ4v) is 2.13. The van der Waals surface area contributed by atoms with Gasteiger partial charge in [-0.25, -0.2) is 4.99 Å². The van der Waals surface area contributed by atoms with E-state index in [0.29, 0.717) is 32.0 Å². The molecule has 0 aliphatic carbocycles. The molecule has 3 N–H and O–H groups in total. The van der Waals surface area contributed by atoms with Gasteiger partial charge in [0.2, 0.25) is 5.91 Å². The highest BCUT2D eigenvalue weighted by molar-refractivity contribution is 6.01. The maximum atomic E-state index is 11.9. The molecule has 2 rings (SSSR count). The van der Waals surface area contributed by atoms with Crippen LogP contribution in [0.2, 0.25) is 0 Å². The fraction of sp³-hybridized carbons (Fsp3) is 0.333. The van der Waals surface area contributed by atoms with Crippen LogP contribution in [0.25, 0.3) is 0 Å². The summed E-state index contributed by atoms with van der Waals surface area (Å²) in [6.07, 6.45) is 0.482. The van der Waals surface area contributed by atoms with E-state index in [4.69, 9.17) is 5.73 Å². The Hall–Kier alpha value is -2.30. The molecular formula is C15H20N4O. The summed E-state index contributed by atoms with van der Waals surface area (Å²) in [5.74, 6) is 0.512.